The summed E-state index contributed by atoms with van der Waals surface area (Å²) < 4.78 is 1.08. The molecule has 0 saturated carbocycles. The lowest BCUT2D eigenvalue weighted by atomic mass is 9.94. The molecule has 0 unspecified atom stereocenters. The van der Waals surface area contributed by atoms with Crippen molar-refractivity contribution >= 4 is 27.5 Å². The van der Waals surface area contributed by atoms with Crippen molar-refractivity contribution in [2.75, 3.05) is 13.1 Å². The van der Waals surface area contributed by atoms with Gasteiger partial charge in [0.05, 0.1) is 15.7 Å². The molecule has 0 aliphatic carbocycles. The predicted octanol–water partition coefficient (Wildman–Crippen LogP) is 4.71. The first kappa shape index (κ1) is 15.3. The molecule has 1 atom stereocenters. The minimum Gasteiger partial charge on any atom is -0.338 e. The van der Waals surface area contributed by atoms with E-state index in [9.17, 15) is 4.79 Å². The number of thiazole rings is 1. The highest BCUT2D eigenvalue weighted by Crippen LogP contribution is 2.28. The zero-order valence-electron chi connectivity index (χ0n) is 13.5. The smallest absolute Gasteiger partial charge is 0.253 e. The van der Waals surface area contributed by atoms with Gasteiger partial charge in [0.2, 0.25) is 0 Å². The molecule has 3 aromatic rings. The molecule has 122 valence electrons. The van der Waals surface area contributed by atoms with E-state index in [1.807, 2.05) is 34.7 Å². The van der Waals surface area contributed by atoms with E-state index in [1.54, 1.807) is 11.3 Å². The van der Waals surface area contributed by atoms with Gasteiger partial charge < -0.3 is 4.90 Å². The number of likely N-dealkylation sites (tertiary alicyclic amines) is 1. The van der Waals surface area contributed by atoms with Gasteiger partial charge >= 0.3 is 0 Å². The SMILES string of the molecule is O=C(c1ccc2ncsc2c1)N1CCCC[C@H](c2ccccc2)C1. The summed E-state index contributed by atoms with van der Waals surface area (Å²) in [5.41, 5.74) is 4.92. The Labute approximate surface area is 146 Å². The Balaban J connectivity index is 1.58. The highest BCUT2D eigenvalue weighted by molar-refractivity contribution is 7.16. The molecule has 1 fully saturated rings. The largest absolute Gasteiger partial charge is 0.338 e. The van der Waals surface area contributed by atoms with Crippen LogP contribution < -0.4 is 0 Å². The Morgan fingerprint density at radius 1 is 1.12 bits per heavy atom. The van der Waals surface area contributed by atoms with Crippen molar-refractivity contribution in [1.29, 1.82) is 0 Å². The number of hydrogen-bond acceptors (Lipinski definition) is 3. The zero-order valence-corrected chi connectivity index (χ0v) is 14.3. The van der Waals surface area contributed by atoms with Crippen LogP contribution in [0.2, 0.25) is 0 Å². The molecule has 1 aromatic heterocycles. The molecule has 24 heavy (non-hydrogen) atoms. The maximum Gasteiger partial charge on any atom is 0.253 e. The van der Waals surface area contributed by atoms with Crippen LogP contribution in [0.1, 0.15) is 41.1 Å². The molecule has 2 heterocycles. The van der Waals surface area contributed by atoms with E-state index in [1.165, 1.54) is 12.0 Å². The van der Waals surface area contributed by atoms with Gasteiger partial charge in [0, 0.05) is 24.6 Å². The van der Waals surface area contributed by atoms with Crippen LogP contribution >= 0.6 is 11.3 Å². The van der Waals surface area contributed by atoms with Gasteiger partial charge in [0.25, 0.3) is 5.91 Å². The van der Waals surface area contributed by atoms with E-state index in [0.29, 0.717) is 5.92 Å². The third-order valence-electron chi connectivity index (χ3n) is 4.81. The van der Waals surface area contributed by atoms with E-state index < -0.39 is 0 Å². The molecule has 1 aliphatic rings. The summed E-state index contributed by atoms with van der Waals surface area (Å²) in [6.45, 7) is 1.66. The maximum absolute atomic E-state index is 13.0. The second-order valence-electron chi connectivity index (χ2n) is 6.39. The molecule has 0 radical (unpaired) electrons. The molecule has 3 nitrogen and oxygen atoms in total. The van der Waals surface area contributed by atoms with E-state index in [4.69, 9.17) is 0 Å². The molecular formula is C20H20N2OS. The van der Waals surface area contributed by atoms with Crippen LogP contribution in [0.25, 0.3) is 10.2 Å². The summed E-state index contributed by atoms with van der Waals surface area (Å²) in [7, 11) is 0. The van der Waals surface area contributed by atoms with Crippen LogP contribution in [-0.4, -0.2) is 28.9 Å². The predicted molar refractivity (Wildman–Crippen MR) is 98.6 cm³/mol. The molecular weight excluding hydrogens is 316 g/mol. The number of nitrogens with zero attached hydrogens (tertiary/aromatic N) is 2. The average Bonchev–Trinajstić information content (AvgIpc) is 2.96. The minimum atomic E-state index is 0.146. The Morgan fingerprint density at radius 3 is 2.88 bits per heavy atom. The van der Waals surface area contributed by atoms with Crippen LogP contribution in [0, 0.1) is 0 Å². The lowest BCUT2D eigenvalue weighted by molar-refractivity contribution is 0.0754. The van der Waals surface area contributed by atoms with Crippen LogP contribution in [-0.2, 0) is 0 Å². The topological polar surface area (TPSA) is 33.2 Å². The zero-order chi connectivity index (χ0) is 16.4. The first-order valence-electron chi connectivity index (χ1n) is 8.49. The Bertz CT molecular complexity index is 843. The second kappa shape index (κ2) is 6.73. The fourth-order valence-corrected chi connectivity index (χ4v) is 4.21. The molecule has 1 amide bonds. The highest BCUT2D eigenvalue weighted by atomic mass is 32.1. The number of hydrogen-bond donors (Lipinski definition) is 0. The second-order valence-corrected chi connectivity index (χ2v) is 7.28. The summed E-state index contributed by atoms with van der Waals surface area (Å²) in [5, 5.41) is 0. The summed E-state index contributed by atoms with van der Waals surface area (Å²) in [6.07, 6.45) is 3.41. The number of carbonyl (C=O) groups is 1. The average molecular weight is 336 g/mol. The van der Waals surface area contributed by atoms with Crippen molar-refractivity contribution < 1.29 is 4.79 Å². The van der Waals surface area contributed by atoms with Crippen LogP contribution in [0.4, 0.5) is 0 Å². The molecule has 0 bridgehead atoms. The highest BCUT2D eigenvalue weighted by Gasteiger charge is 2.24. The van der Waals surface area contributed by atoms with Crippen molar-refractivity contribution in [2.24, 2.45) is 0 Å². The van der Waals surface area contributed by atoms with Crippen LogP contribution in [0.3, 0.4) is 0 Å². The summed E-state index contributed by atoms with van der Waals surface area (Å²) in [5.74, 6) is 0.581. The van der Waals surface area contributed by atoms with Gasteiger partial charge in [0.1, 0.15) is 0 Å². The Morgan fingerprint density at radius 2 is 2.00 bits per heavy atom. The molecule has 1 aliphatic heterocycles. The van der Waals surface area contributed by atoms with Crippen molar-refractivity contribution in [3.8, 4) is 0 Å². The number of amides is 1. The van der Waals surface area contributed by atoms with E-state index in [2.05, 4.69) is 29.2 Å². The Hall–Kier alpha value is -2.20. The quantitative estimate of drug-likeness (QED) is 0.679. The lowest BCUT2D eigenvalue weighted by Gasteiger charge is -2.25. The normalized spacial score (nSPS) is 18.5. The van der Waals surface area contributed by atoms with Crippen molar-refractivity contribution in [1.82, 2.24) is 9.88 Å². The van der Waals surface area contributed by atoms with Gasteiger partial charge in [-0.25, -0.2) is 4.98 Å². The number of fused-ring (bicyclic) bond motifs is 1. The van der Waals surface area contributed by atoms with Gasteiger partial charge in [-0.2, -0.15) is 0 Å². The van der Waals surface area contributed by atoms with Crippen molar-refractivity contribution in [3.63, 3.8) is 0 Å². The third-order valence-corrected chi connectivity index (χ3v) is 5.60. The van der Waals surface area contributed by atoms with E-state index >= 15 is 0 Å². The molecule has 4 heteroatoms. The van der Waals surface area contributed by atoms with Crippen LogP contribution in [0.15, 0.2) is 54.0 Å². The lowest BCUT2D eigenvalue weighted by Crippen LogP contribution is -2.34. The minimum absolute atomic E-state index is 0.146. The summed E-state index contributed by atoms with van der Waals surface area (Å²) in [6, 6.07) is 16.4. The van der Waals surface area contributed by atoms with Gasteiger partial charge in [-0.05, 0) is 36.6 Å². The number of rotatable bonds is 2. The van der Waals surface area contributed by atoms with Crippen molar-refractivity contribution in [3.05, 3.63) is 65.2 Å². The van der Waals surface area contributed by atoms with Gasteiger partial charge in [0.15, 0.2) is 0 Å². The molecule has 2 aromatic carbocycles. The molecule has 0 spiro atoms. The third kappa shape index (κ3) is 3.06. The number of aromatic nitrogens is 1. The van der Waals surface area contributed by atoms with Crippen molar-refractivity contribution in [2.45, 2.75) is 25.2 Å². The maximum atomic E-state index is 13.0. The van der Waals surface area contributed by atoms with Gasteiger partial charge in [-0.15, -0.1) is 11.3 Å². The van der Waals surface area contributed by atoms with Gasteiger partial charge in [-0.1, -0.05) is 36.8 Å². The first-order chi connectivity index (χ1) is 11.8. The number of carbonyl (C=O) groups excluding carboxylic acids is 1. The molecule has 4 rings (SSSR count). The summed E-state index contributed by atoms with van der Waals surface area (Å²) in [4.78, 5) is 19.3. The van der Waals surface area contributed by atoms with Gasteiger partial charge in [-0.3, -0.25) is 4.79 Å². The fraction of sp³-hybridized carbons (Fsp3) is 0.300. The van der Waals surface area contributed by atoms with E-state index in [0.717, 1.165) is 41.7 Å². The summed E-state index contributed by atoms with van der Waals surface area (Å²) >= 11 is 1.59. The monoisotopic (exact) mass is 336 g/mol. The fourth-order valence-electron chi connectivity index (χ4n) is 3.49. The van der Waals surface area contributed by atoms with Crippen LogP contribution in [0.5, 0.6) is 0 Å². The van der Waals surface area contributed by atoms with E-state index in [-0.39, 0.29) is 5.91 Å². The Kier molecular flexibility index (Phi) is 4.30. The standard InChI is InChI=1S/C20H20N2OS/c23-20(16-9-10-18-19(12-16)24-14-21-18)22-11-5-4-8-17(13-22)15-6-2-1-3-7-15/h1-3,6-7,9-10,12,14,17H,4-5,8,11,13H2/t17-/m0/s1. The molecule has 0 N–H and O–H groups in total. The molecule has 1 saturated heterocycles. The number of benzene rings is 2. The first-order valence-corrected chi connectivity index (χ1v) is 9.37.